The number of anilines is 2. The molecule has 0 radical (unpaired) electrons. The summed E-state index contributed by atoms with van der Waals surface area (Å²) >= 11 is 0. The number of hydrogen-bond donors (Lipinski definition) is 2. The zero-order valence-corrected chi connectivity index (χ0v) is 20.3. The quantitative estimate of drug-likeness (QED) is 0.321. The van der Waals surface area contributed by atoms with Gasteiger partial charge in [-0.25, -0.2) is 9.97 Å². The second-order valence-electron chi connectivity index (χ2n) is 8.84. The highest BCUT2D eigenvalue weighted by Crippen LogP contribution is 2.34. The molecule has 2 aromatic carbocycles. The maximum absolute atomic E-state index is 12.8. The average Bonchev–Trinajstić information content (AvgIpc) is 2.92. The molecule has 1 fully saturated rings. The molecule has 8 nitrogen and oxygen atoms in total. The van der Waals surface area contributed by atoms with Crippen LogP contribution in [0.1, 0.15) is 18.4 Å². The van der Waals surface area contributed by atoms with Crippen LogP contribution in [-0.4, -0.2) is 40.4 Å². The highest BCUT2D eigenvalue weighted by atomic mass is 19.4. The Morgan fingerprint density at radius 2 is 1.71 bits per heavy atom. The number of piperidine rings is 1. The fourth-order valence-corrected chi connectivity index (χ4v) is 4.18. The van der Waals surface area contributed by atoms with Crippen molar-refractivity contribution in [3.8, 4) is 28.7 Å². The van der Waals surface area contributed by atoms with Crippen molar-refractivity contribution in [2.24, 2.45) is 5.92 Å². The van der Waals surface area contributed by atoms with E-state index in [1.165, 1.54) is 18.5 Å². The van der Waals surface area contributed by atoms with Gasteiger partial charge in [0, 0.05) is 19.6 Å². The van der Waals surface area contributed by atoms with Crippen LogP contribution in [0.2, 0.25) is 0 Å². The summed E-state index contributed by atoms with van der Waals surface area (Å²) in [7, 11) is 0. The van der Waals surface area contributed by atoms with Gasteiger partial charge < -0.3 is 20.7 Å². The van der Waals surface area contributed by atoms with Crippen LogP contribution in [0, 0.1) is 17.2 Å². The Balaban J connectivity index is 1.40. The summed E-state index contributed by atoms with van der Waals surface area (Å²) in [5.74, 6) is 1.53. The third kappa shape index (κ3) is 6.21. The molecular formula is C27H25F3N6O2. The maximum atomic E-state index is 12.8. The third-order valence-corrected chi connectivity index (χ3v) is 6.29. The summed E-state index contributed by atoms with van der Waals surface area (Å²) in [4.78, 5) is 22.2. The van der Waals surface area contributed by atoms with Crippen LogP contribution in [0.15, 0.2) is 67.0 Å². The topological polar surface area (TPSA) is 117 Å². The van der Waals surface area contributed by atoms with Crippen LogP contribution < -0.4 is 15.8 Å². The number of amides is 1. The normalized spacial score (nSPS) is 14.0. The van der Waals surface area contributed by atoms with Crippen molar-refractivity contribution in [2.45, 2.75) is 19.0 Å². The summed E-state index contributed by atoms with van der Waals surface area (Å²) in [5, 5.41) is 12.2. The molecule has 1 aliphatic rings. The summed E-state index contributed by atoms with van der Waals surface area (Å²) in [6.07, 6.45) is -1.50. The number of nitrogen functional groups attached to an aromatic ring is 1. The Bertz CT molecular complexity index is 1340. The van der Waals surface area contributed by atoms with E-state index in [9.17, 15) is 18.0 Å². The molecule has 1 saturated heterocycles. The van der Waals surface area contributed by atoms with Crippen molar-refractivity contribution in [2.75, 3.05) is 30.7 Å². The molecule has 4 rings (SSSR count). The molecule has 38 heavy (non-hydrogen) atoms. The molecule has 1 aliphatic heterocycles. The molecular weight excluding hydrogens is 497 g/mol. The Morgan fingerprint density at radius 1 is 1.11 bits per heavy atom. The molecule has 1 amide bonds. The van der Waals surface area contributed by atoms with Gasteiger partial charge in [0.1, 0.15) is 41.1 Å². The first kappa shape index (κ1) is 26.5. The predicted molar refractivity (Wildman–Crippen MR) is 136 cm³/mol. The van der Waals surface area contributed by atoms with Gasteiger partial charge in [0.05, 0.1) is 11.1 Å². The molecule has 1 aromatic heterocycles. The fourth-order valence-electron chi connectivity index (χ4n) is 4.18. The van der Waals surface area contributed by atoms with E-state index >= 15 is 0 Å². The number of halogens is 3. The SMILES string of the molecule is C=C(C#N)C(=O)N1CCC(CNc2ncnc(N)c2-c2ccc(Oc3ccc(C(F)(F)F)cc3)cc2)CC1. The van der Waals surface area contributed by atoms with E-state index in [1.807, 2.05) is 0 Å². The van der Waals surface area contributed by atoms with Crippen molar-refractivity contribution in [1.29, 1.82) is 5.26 Å². The smallest absolute Gasteiger partial charge is 0.416 e. The van der Waals surface area contributed by atoms with Crippen molar-refractivity contribution in [3.63, 3.8) is 0 Å². The molecule has 3 N–H and O–H groups in total. The minimum atomic E-state index is -4.41. The Labute approximate surface area is 217 Å². The predicted octanol–water partition coefficient (Wildman–Crippen LogP) is 5.27. The van der Waals surface area contributed by atoms with Crippen LogP contribution in [0.5, 0.6) is 11.5 Å². The van der Waals surface area contributed by atoms with Crippen LogP contribution in [0.25, 0.3) is 11.1 Å². The van der Waals surface area contributed by atoms with E-state index in [1.54, 1.807) is 35.2 Å². The molecule has 11 heteroatoms. The first-order valence-corrected chi connectivity index (χ1v) is 11.8. The first-order valence-electron chi connectivity index (χ1n) is 11.8. The molecule has 0 saturated carbocycles. The molecule has 3 aromatic rings. The highest BCUT2D eigenvalue weighted by molar-refractivity contribution is 5.96. The van der Waals surface area contributed by atoms with Crippen molar-refractivity contribution in [3.05, 3.63) is 72.6 Å². The lowest BCUT2D eigenvalue weighted by Crippen LogP contribution is -2.40. The van der Waals surface area contributed by atoms with E-state index in [2.05, 4.69) is 21.9 Å². The highest BCUT2D eigenvalue weighted by Gasteiger charge is 2.30. The van der Waals surface area contributed by atoms with Crippen LogP contribution >= 0.6 is 0 Å². The Morgan fingerprint density at radius 3 is 2.29 bits per heavy atom. The molecule has 0 aliphatic carbocycles. The number of benzene rings is 2. The molecule has 2 heterocycles. The van der Waals surface area contributed by atoms with Crippen molar-refractivity contribution < 1.29 is 22.7 Å². The number of carbonyl (C=O) groups excluding carboxylic acids is 1. The minimum Gasteiger partial charge on any atom is -0.457 e. The van der Waals surface area contributed by atoms with Crippen molar-refractivity contribution in [1.82, 2.24) is 14.9 Å². The molecule has 0 bridgehead atoms. The van der Waals surface area contributed by atoms with Crippen LogP contribution in [0.4, 0.5) is 24.8 Å². The Kier molecular flexibility index (Phi) is 7.81. The van der Waals surface area contributed by atoms with Gasteiger partial charge >= 0.3 is 6.18 Å². The number of ether oxygens (including phenoxy) is 1. The first-order chi connectivity index (χ1) is 18.2. The lowest BCUT2D eigenvalue weighted by molar-refractivity contribution is -0.137. The lowest BCUT2D eigenvalue weighted by atomic mass is 9.96. The average molecular weight is 523 g/mol. The van der Waals surface area contributed by atoms with Gasteiger partial charge in [-0.15, -0.1) is 0 Å². The van der Waals surface area contributed by atoms with E-state index in [4.69, 9.17) is 15.7 Å². The maximum Gasteiger partial charge on any atom is 0.416 e. The largest absolute Gasteiger partial charge is 0.457 e. The van der Waals surface area contributed by atoms with Gasteiger partial charge in [-0.2, -0.15) is 18.4 Å². The summed E-state index contributed by atoms with van der Waals surface area (Å²) in [5.41, 5.74) is 6.72. The van der Waals surface area contributed by atoms with Gasteiger partial charge in [0.15, 0.2) is 0 Å². The third-order valence-electron chi connectivity index (χ3n) is 6.29. The van der Waals surface area contributed by atoms with Gasteiger partial charge in [-0.1, -0.05) is 18.7 Å². The standard InChI is InChI=1S/C27H25F3N6O2/c1-17(14-31)26(37)36-12-10-18(11-13-36)15-33-25-23(24(32)34-16-35-25)19-2-6-21(7-3-19)38-22-8-4-20(5-9-22)27(28,29)30/h2-9,16,18H,1,10-13,15H2,(H3,32,33,34,35). The molecule has 0 unspecified atom stereocenters. The molecule has 196 valence electrons. The van der Waals surface area contributed by atoms with Crippen molar-refractivity contribution >= 4 is 17.5 Å². The lowest BCUT2D eigenvalue weighted by Gasteiger charge is -2.32. The zero-order valence-electron chi connectivity index (χ0n) is 20.3. The van der Waals surface area contributed by atoms with Crippen LogP contribution in [0.3, 0.4) is 0 Å². The number of rotatable bonds is 7. The minimum absolute atomic E-state index is 0.0570. The van der Waals surface area contributed by atoms with E-state index in [0.717, 1.165) is 30.5 Å². The second-order valence-corrected chi connectivity index (χ2v) is 8.84. The van der Waals surface area contributed by atoms with E-state index in [0.29, 0.717) is 36.8 Å². The number of hydrogen-bond acceptors (Lipinski definition) is 7. The number of nitriles is 1. The molecule has 0 atom stereocenters. The van der Waals surface area contributed by atoms with Gasteiger partial charge in [-0.3, -0.25) is 4.79 Å². The summed E-state index contributed by atoms with van der Waals surface area (Å²) < 4.78 is 44.0. The van der Waals surface area contributed by atoms with E-state index in [-0.39, 0.29) is 29.0 Å². The molecule has 0 spiro atoms. The fraction of sp³-hybridized carbons (Fsp3) is 0.259. The number of nitrogens with zero attached hydrogens (tertiary/aromatic N) is 4. The van der Waals surface area contributed by atoms with Gasteiger partial charge in [0.25, 0.3) is 5.91 Å². The zero-order chi connectivity index (χ0) is 27.3. The van der Waals surface area contributed by atoms with E-state index < -0.39 is 11.7 Å². The number of alkyl halides is 3. The number of carbonyl (C=O) groups is 1. The number of likely N-dealkylation sites (tertiary alicyclic amines) is 1. The summed E-state index contributed by atoms with van der Waals surface area (Å²) in [6, 6.07) is 13.2. The summed E-state index contributed by atoms with van der Waals surface area (Å²) in [6.45, 7) is 5.20. The Hall–Kier alpha value is -4.59. The van der Waals surface area contributed by atoms with Gasteiger partial charge in [0.2, 0.25) is 0 Å². The van der Waals surface area contributed by atoms with Crippen LogP contribution in [-0.2, 0) is 11.0 Å². The number of nitrogens with two attached hydrogens (primary N) is 1. The number of nitrogens with one attached hydrogen (secondary N) is 1. The van der Waals surface area contributed by atoms with Gasteiger partial charge in [-0.05, 0) is 60.7 Å². The second kappa shape index (κ2) is 11.2. The number of aromatic nitrogens is 2. The monoisotopic (exact) mass is 522 g/mol.